The minimum Gasteiger partial charge on any atom is -0.465 e. The number of hydrogen-bond acceptors (Lipinski definition) is 2. The van der Waals surface area contributed by atoms with Gasteiger partial charge in [0.25, 0.3) is 0 Å². The average Bonchev–Trinajstić information content (AvgIpc) is 2.21. The van der Waals surface area contributed by atoms with Crippen LogP contribution in [0.4, 0.5) is 4.39 Å². The average molecular weight is 208 g/mol. The Balaban J connectivity index is 3.21. The predicted molar refractivity (Wildman–Crippen MR) is 56.9 cm³/mol. The van der Waals surface area contributed by atoms with Gasteiger partial charge in [0.15, 0.2) is 0 Å². The number of benzene rings is 1. The van der Waals surface area contributed by atoms with Gasteiger partial charge in [0, 0.05) is 0 Å². The van der Waals surface area contributed by atoms with E-state index in [-0.39, 0.29) is 11.4 Å². The summed E-state index contributed by atoms with van der Waals surface area (Å²) < 4.78 is 17.7. The fraction of sp³-hybridized carbons (Fsp3) is 0.250. The number of methoxy groups -OCH3 is 1. The van der Waals surface area contributed by atoms with Gasteiger partial charge in [0.1, 0.15) is 5.82 Å². The molecule has 0 saturated heterocycles. The molecule has 0 unspecified atom stereocenters. The first-order valence-electron chi connectivity index (χ1n) is 4.51. The second-order valence-corrected chi connectivity index (χ2v) is 3.39. The van der Waals surface area contributed by atoms with E-state index in [1.54, 1.807) is 19.9 Å². The third-order valence-corrected chi connectivity index (χ3v) is 2.26. The summed E-state index contributed by atoms with van der Waals surface area (Å²) in [7, 11) is 1.29. The minimum atomic E-state index is -0.496. The Bertz CT molecular complexity index is 422. The number of esters is 1. The minimum absolute atomic E-state index is 0.248. The summed E-state index contributed by atoms with van der Waals surface area (Å²) in [5.41, 5.74) is 2.04. The molecule has 80 valence electrons. The Morgan fingerprint density at radius 1 is 1.33 bits per heavy atom. The van der Waals surface area contributed by atoms with E-state index < -0.39 is 5.97 Å². The van der Waals surface area contributed by atoms with Gasteiger partial charge in [-0.05, 0) is 42.7 Å². The topological polar surface area (TPSA) is 26.3 Å². The summed E-state index contributed by atoms with van der Waals surface area (Å²) in [6.07, 6.45) is 0. The van der Waals surface area contributed by atoms with Gasteiger partial charge in [-0.15, -0.1) is 0 Å². The highest BCUT2D eigenvalue weighted by Gasteiger charge is 2.13. The number of ether oxygens (including phenoxy) is 1. The van der Waals surface area contributed by atoms with Crippen LogP contribution in [0, 0.1) is 19.7 Å². The van der Waals surface area contributed by atoms with Gasteiger partial charge in [-0.25, -0.2) is 9.18 Å². The highest BCUT2D eigenvalue weighted by Crippen LogP contribution is 2.21. The molecular formula is C12H13FO2. The summed E-state index contributed by atoms with van der Waals surface area (Å²) in [5.74, 6) is -0.780. The highest BCUT2D eigenvalue weighted by molar-refractivity contribution is 6.16. The molecule has 3 heteroatoms. The lowest BCUT2D eigenvalue weighted by molar-refractivity contribution is -0.133. The van der Waals surface area contributed by atoms with Gasteiger partial charge in [-0.2, -0.15) is 0 Å². The van der Waals surface area contributed by atoms with Crippen LogP contribution >= 0.6 is 0 Å². The zero-order chi connectivity index (χ0) is 11.6. The number of halogens is 1. The smallest absolute Gasteiger partial charge is 0.337 e. The molecule has 0 N–H and O–H groups in total. The third-order valence-electron chi connectivity index (χ3n) is 2.26. The molecule has 1 aromatic carbocycles. The number of carbonyl (C=O) groups excluding carboxylic acids is 1. The Labute approximate surface area is 88.4 Å². The van der Waals surface area contributed by atoms with Crippen molar-refractivity contribution in [2.75, 3.05) is 7.11 Å². The lowest BCUT2D eigenvalue weighted by Crippen LogP contribution is -2.04. The molecule has 0 saturated carbocycles. The number of carbonyl (C=O) groups is 1. The number of hydrogen-bond donors (Lipinski definition) is 0. The van der Waals surface area contributed by atoms with Crippen molar-refractivity contribution in [3.63, 3.8) is 0 Å². The standard InChI is InChI=1S/C12H13FO2/c1-7-6-11(13)8(2)5-10(7)9(3)12(14)15-4/h5-6H,3H2,1-2,4H3. The SMILES string of the molecule is C=C(C(=O)OC)c1cc(C)c(F)cc1C. The first-order chi connectivity index (χ1) is 6.97. The number of aryl methyl sites for hydroxylation is 2. The summed E-state index contributed by atoms with van der Waals surface area (Å²) in [6.45, 7) is 7.00. The van der Waals surface area contributed by atoms with Gasteiger partial charge < -0.3 is 4.74 Å². The van der Waals surface area contributed by atoms with E-state index in [1.165, 1.54) is 13.2 Å². The molecule has 15 heavy (non-hydrogen) atoms. The van der Waals surface area contributed by atoms with Crippen LogP contribution in [0.2, 0.25) is 0 Å². The van der Waals surface area contributed by atoms with Crippen molar-refractivity contribution in [2.24, 2.45) is 0 Å². The molecule has 0 spiro atoms. The van der Waals surface area contributed by atoms with E-state index in [9.17, 15) is 9.18 Å². The Morgan fingerprint density at radius 3 is 2.47 bits per heavy atom. The monoisotopic (exact) mass is 208 g/mol. The lowest BCUT2D eigenvalue weighted by atomic mass is 9.99. The lowest BCUT2D eigenvalue weighted by Gasteiger charge is -2.09. The highest BCUT2D eigenvalue weighted by atomic mass is 19.1. The molecule has 0 fully saturated rings. The fourth-order valence-electron chi connectivity index (χ4n) is 1.34. The maximum atomic E-state index is 13.2. The number of rotatable bonds is 2. The van der Waals surface area contributed by atoms with Crippen LogP contribution in [0.3, 0.4) is 0 Å². The molecule has 0 bridgehead atoms. The molecule has 1 rings (SSSR count). The van der Waals surface area contributed by atoms with E-state index in [1.807, 2.05) is 0 Å². The van der Waals surface area contributed by atoms with Crippen molar-refractivity contribution in [1.82, 2.24) is 0 Å². The van der Waals surface area contributed by atoms with Gasteiger partial charge >= 0.3 is 5.97 Å². The maximum Gasteiger partial charge on any atom is 0.337 e. The summed E-state index contributed by atoms with van der Waals surface area (Å²) >= 11 is 0. The van der Waals surface area contributed by atoms with Crippen LogP contribution in [0.5, 0.6) is 0 Å². The molecule has 0 radical (unpaired) electrons. The van der Waals surface area contributed by atoms with Gasteiger partial charge in [0.2, 0.25) is 0 Å². The molecule has 2 nitrogen and oxygen atoms in total. The van der Waals surface area contributed by atoms with Crippen LogP contribution < -0.4 is 0 Å². The Hall–Kier alpha value is -1.64. The van der Waals surface area contributed by atoms with Crippen molar-refractivity contribution in [3.05, 3.63) is 41.2 Å². The first-order valence-corrected chi connectivity index (χ1v) is 4.51. The molecule has 0 aromatic heterocycles. The van der Waals surface area contributed by atoms with Gasteiger partial charge in [-0.3, -0.25) is 0 Å². The molecule has 0 atom stereocenters. The van der Waals surface area contributed by atoms with Crippen molar-refractivity contribution in [1.29, 1.82) is 0 Å². The normalized spacial score (nSPS) is 9.87. The molecule has 0 aliphatic rings. The second kappa shape index (κ2) is 4.26. The zero-order valence-electron chi connectivity index (χ0n) is 9.06. The van der Waals surface area contributed by atoms with Crippen molar-refractivity contribution >= 4 is 11.5 Å². The molecular weight excluding hydrogens is 195 g/mol. The largest absolute Gasteiger partial charge is 0.465 e. The van der Waals surface area contributed by atoms with Gasteiger partial charge in [0.05, 0.1) is 12.7 Å². The molecule has 0 aliphatic carbocycles. The fourth-order valence-corrected chi connectivity index (χ4v) is 1.34. The Kier molecular flexibility index (Phi) is 3.24. The van der Waals surface area contributed by atoms with Crippen LogP contribution in [0.15, 0.2) is 18.7 Å². The van der Waals surface area contributed by atoms with E-state index in [0.717, 1.165) is 0 Å². The van der Waals surface area contributed by atoms with Crippen molar-refractivity contribution in [3.8, 4) is 0 Å². The van der Waals surface area contributed by atoms with Crippen molar-refractivity contribution < 1.29 is 13.9 Å². The summed E-state index contributed by atoms with van der Waals surface area (Å²) in [5, 5.41) is 0. The van der Waals surface area contributed by atoms with E-state index >= 15 is 0 Å². The third kappa shape index (κ3) is 2.24. The van der Waals surface area contributed by atoms with E-state index in [2.05, 4.69) is 11.3 Å². The maximum absolute atomic E-state index is 13.2. The molecule has 1 aromatic rings. The first kappa shape index (κ1) is 11.4. The van der Waals surface area contributed by atoms with Gasteiger partial charge in [-0.1, -0.05) is 6.58 Å². The van der Waals surface area contributed by atoms with Crippen LogP contribution in [0.25, 0.3) is 5.57 Å². The predicted octanol–water partition coefficient (Wildman–Crippen LogP) is 2.63. The van der Waals surface area contributed by atoms with Crippen LogP contribution in [-0.2, 0) is 9.53 Å². The quantitative estimate of drug-likeness (QED) is 0.551. The van der Waals surface area contributed by atoms with E-state index in [4.69, 9.17) is 0 Å². The zero-order valence-corrected chi connectivity index (χ0v) is 9.06. The van der Waals surface area contributed by atoms with Crippen LogP contribution in [0.1, 0.15) is 16.7 Å². The molecule has 0 heterocycles. The summed E-state index contributed by atoms with van der Waals surface area (Å²) in [6, 6.07) is 2.99. The molecule has 0 aliphatic heterocycles. The van der Waals surface area contributed by atoms with Crippen LogP contribution in [-0.4, -0.2) is 13.1 Å². The second-order valence-electron chi connectivity index (χ2n) is 3.39. The van der Waals surface area contributed by atoms with E-state index in [0.29, 0.717) is 16.7 Å². The summed E-state index contributed by atoms with van der Waals surface area (Å²) in [4.78, 5) is 11.2. The molecule has 0 amide bonds. The Morgan fingerprint density at radius 2 is 1.93 bits per heavy atom. The van der Waals surface area contributed by atoms with Crippen molar-refractivity contribution in [2.45, 2.75) is 13.8 Å².